The molecule has 0 aliphatic carbocycles. The Hall–Kier alpha value is -1.44. The number of amides is 1. The summed E-state index contributed by atoms with van der Waals surface area (Å²) in [5.41, 5.74) is 0. The molecule has 3 rings (SSSR count). The SMILES string of the molecule is CC(CCNC(=O)CC1CCN(S(=O)(=O)c2ccccc2)CC1)N1CCCC1. The Morgan fingerprint density at radius 1 is 1.11 bits per heavy atom. The zero-order chi connectivity index (χ0) is 20.0. The monoisotopic (exact) mass is 407 g/mol. The van der Waals surface area contributed by atoms with Gasteiger partial charge in [0, 0.05) is 32.1 Å². The molecule has 0 saturated carbocycles. The summed E-state index contributed by atoms with van der Waals surface area (Å²) in [6.45, 7) is 6.29. The van der Waals surface area contributed by atoms with Crippen molar-refractivity contribution in [2.45, 2.75) is 56.4 Å². The highest BCUT2D eigenvalue weighted by molar-refractivity contribution is 7.89. The number of piperidine rings is 1. The van der Waals surface area contributed by atoms with Crippen molar-refractivity contribution < 1.29 is 13.2 Å². The van der Waals surface area contributed by atoms with Crippen LogP contribution in [0.2, 0.25) is 0 Å². The number of likely N-dealkylation sites (tertiary alicyclic amines) is 1. The van der Waals surface area contributed by atoms with Gasteiger partial charge >= 0.3 is 0 Å². The lowest BCUT2D eigenvalue weighted by Crippen LogP contribution is -2.40. The minimum Gasteiger partial charge on any atom is -0.356 e. The molecule has 2 heterocycles. The molecule has 2 fully saturated rings. The van der Waals surface area contributed by atoms with E-state index in [4.69, 9.17) is 0 Å². The van der Waals surface area contributed by atoms with Crippen LogP contribution < -0.4 is 5.32 Å². The maximum atomic E-state index is 12.7. The summed E-state index contributed by atoms with van der Waals surface area (Å²) in [4.78, 5) is 15.1. The Kier molecular flexibility index (Phi) is 7.48. The molecule has 1 aromatic carbocycles. The van der Waals surface area contributed by atoms with E-state index in [1.54, 1.807) is 28.6 Å². The van der Waals surface area contributed by atoms with Crippen molar-refractivity contribution in [1.82, 2.24) is 14.5 Å². The lowest BCUT2D eigenvalue weighted by atomic mass is 9.94. The molecular formula is C21H33N3O3S. The number of rotatable bonds is 8. The third-order valence-corrected chi connectivity index (χ3v) is 7.99. The molecule has 2 saturated heterocycles. The topological polar surface area (TPSA) is 69.7 Å². The molecule has 7 heteroatoms. The molecular weight excluding hydrogens is 374 g/mol. The first-order valence-corrected chi connectivity index (χ1v) is 12.0. The standard InChI is InChI=1S/C21H33N3O3S/c1-18(23-13-5-6-14-23)9-12-22-21(25)17-19-10-15-24(16-11-19)28(26,27)20-7-3-2-4-8-20/h2-4,7-8,18-19H,5-6,9-17H2,1H3,(H,22,25). The molecule has 0 aromatic heterocycles. The number of benzene rings is 1. The number of hydrogen-bond acceptors (Lipinski definition) is 4. The number of carbonyl (C=O) groups excluding carboxylic acids is 1. The number of nitrogens with one attached hydrogen (secondary N) is 1. The van der Waals surface area contributed by atoms with E-state index < -0.39 is 10.0 Å². The molecule has 1 N–H and O–H groups in total. The highest BCUT2D eigenvalue weighted by atomic mass is 32.2. The van der Waals surface area contributed by atoms with Crippen molar-refractivity contribution >= 4 is 15.9 Å². The van der Waals surface area contributed by atoms with Gasteiger partial charge in [0.1, 0.15) is 0 Å². The first-order chi connectivity index (χ1) is 13.5. The first kappa shape index (κ1) is 21.3. The van der Waals surface area contributed by atoms with Gasteiger partial charge in [0.15, 0.2) is 0 Å². The summed E-state index contributed by atoms with van der Waals surface area (Å²) >= 11 is 0. The molecule has 28 heavy (non-hydrogen) atoms. The van der Waals surface area contributed by atoms with E-state index in [-0.39, 0.29) is 11.8 Å². The van der Waals surface area contributed by atoms with Gasteiger partial charge in [-0.3, -0.25) is 4.79 Å². The normalized spacial score (nSPS) is 20.9. The summed E-state index contributed by atoms with van der Waals surface area (Å²) < 4.78 is 26.9. The molecule has 6 nitrogen and oxygen atoms in total. The van der Waals surface area contributed by atoms with Gasteiger partial charge < -0.3 is 10.2 Å². The smallest absolute Gasteiger partial charge is 0.243 e. The van der Waals surface area contributed by atoms with Gasteiger partial charge in [0.2, 0.25) is 15.9 Å². The van der Waals surface area contributed by atoms with E-state index in [0.29, 0.717) is 30.4 Å². The Morgan fingerprint density at radius 2 is 1.75 bits per heavy atom. The summed E-state index contributed by atoms with van der Waals surface area (Å²) in [6, 6.07) is 9.10. The van der Waals surface area contributed by atoms with Crippen LogP contribution in [0.5, 0.6) is 0 Å². The van der Waals surface area contributed by atoms with E-state index in [1.165, 1.54) is 25.9 Å². The first-order valence-electron chi connectivity index (χ1n) is 10.5. The number of nitrogens with zero attached hydrogens (tertiary/aromatic N) is 2. The van der Waals surface area contributed by atoms with Crippen LogP contribution in [0, 0.1) is 5.92 Å². The molecule has 156 valence electrons. The third-order valence-electron chi connectivity index (χ3n) is 6.08. The summed E-state index contributed by atoms with van der Waals surface area (Å²) in [5.74, 6) is 0.358. The van der Waals surface area contributed by atoms with E-state index in [1.807, 2.05) is 6.07 Å². The molecule has 2 aliphatic heterocycles. The summed E-state index contributed by atoms with van der Waals surface area (Å²) in [6.07, 6.45) is 5.54. The van der Waals surface area contributed by atoms with Gasteiger partial charge in [-0.15, -0.1) is 0 Å². The van der Waals surface area contributed by atoms with Gasteiger partial charge in [0.25, 0.3) is 0 Å². The van der Waals surface area contributed by atoms with Crippen LogP contribution in [0.1, 0.15) is 45.4 Å². The molecule has 2 aliphatic rings. The molecule has 1 aromatic rings. The fourth-order valence-electron chi connectivity index (χ4n) is 4.22. The maximum Gasteiger partial charge on any atom is 0.243 e. The lowest BCUT2D eigenvalue weighted by molar-refractivity contribution is -0.122. The molecule has 0 spiro atoms. The van der Waals surface area contributed by atoms with Crippen LogP contribution in [-0.4, -0.2) is 62.3 Å². The Labute approximate surface area is 169 Å². The van der Waals surface area contributed by atoms with Crippen LogP contribution in [0.25, 0.3) is 0 Å². The third kappa shape index (κ3) is 5.55. The molecule has 1 unspecified atom stereocenters. The van der Waals surface area contributed by atoms with Crippen molar-refractivity contribution in [3.05, 3.63) is 30.3 Å². The molecule has 0 bridgehead atoms. The van der Waals surface area contributed by atoms with Gasteiger partial charge in [-0.05, 0) is 70.2 Å². The Bertz CT molecular complexity index is 725. The minimum absolute atomic E-state index is 0.0954. The van der Waals surface area contributed by atoms with E-state index >= 15 is 0 Å². The zero-order valence-corrected chi connectivity index (χ0v) is 17.7. The van der Waals surface area contributed by atoms with Gasteiger partial charge in [0.05, 0.1) is 4.90 Å². The Morgan fingerprint density at radius 3 is 2.39 bits per heavy atom. The van der Waals surface area contributed by atoms with Gasteiger partial charge in [-0.1, -0.05) is 18.2 Å². The second-order valence-corrected chi connectivity index (χ2v) is 10.0. The van der Waals surface area contributed by atoms with Crippen LogP contribution in [-0.2, 0) is 14.8 Å². The van der Waals surface area contributed by atoms with E-state index in [0.717, 1.165) is 25.8 Å². The van der Waals surface area contributed by atoms with Crippen molar-refractivity contribution in [2.75, 3.05) is 32.7 Å². The van der Waals surface area contributed by atoms with Gasteiger partial charge in [-0.25, -0.2) is 8.42 Å². The maximum absolute atomic E-state index is 12.7. The predicted molar refractivity (Wildman–Crippen MR) is 110 cm³/mol. The zero-order valence-electron chi connectivity index (χ0n) is 16.8. The van der Waals surface area contributed by atoms with Crippen molar-refractivity contribution in [3.63, 3.8) is 0 Å². The summed E-state index contributed by atoms with van der Waals surface area (Å²) in [5, 5.41) is 3.05. The van der Waals surface area contributed by atoms with Crippen molar-refractivity contribution in [3.8, 4) is 0 Å². The Balaban J connectivity index is 1.37. The second kappa shape index (κ2) is 9.85. The van der Waals surface area contributed by atoms with Crippen molar-refractivity contribution in [2.24, 2.45) is 5.92 Å². The average molecular weight is 408 g/mol. The summed E-state index contributed by atoms with van der Waals surface area (Å²) in [7, 11) is -3.42. The van der Waals surface area contributed by atoms with Crippen LogP contribution >= 0.6 is 0 Å². The fourth-order valence-corrected chi connectivity index (χ4v) is 5.71. The molecule has 1 atom stereocenters. The molecule has 1 amide bonds. The van der Waals surface area contributed by atoms with Crippen LogP contribution in [0.15, 0.2) is 35.2 Å². The number of hydrogen-bond donors (Lipinski definition) is 1. The number of sulfonamides is 1. The minimum atomic E-state index is -3.42. The molecule has 0 radical (unpaired) electrons. The average Bonchev–Trinajstić information content (AvgIpc) is 3.24. The number of carbonyl (C=O) groups is 1. The van der Waals surface area contributed by atoms with Crippen molar-refractivity contribution in [1.29, 1.82) is 0 Å². The van der Waals surface area contributed by atoms with E-state index in [2.05, 4.69) is 17.1 Å². The second-order valence-electron chi connectivity index (χ2n) is 8.10. The van der Waals surface area contributed by atoms with Crippen LogP contribution in [0.3, 0.4) is 0 Å². The quantitative estimate of drug-likeness (QED) is 0.719. The van der Waals surface area contributed by atoms with Crippen LogP contribution in [0.4, 0.5) is 0 Å². The fraction of sp³-hybridized carbons (Fsp3) is 0.667. The largest absolute Gasteiger partial charge is 0.356 e. The van der Waals surface area contributed by atoms with Gasteiger partial charge in [-0.2, -0.15) is 4.31 Å². The predicted octanol–water partition coefficient (Wildman–Crippen LogP) is 2.47. The highest BCUT2D eigenvalue weighted by Gasteiger charge is 2.30. The highest BCUT2D eigenvalue weighted by Crippen LogP contribution is 2.25. The van der Waals surface area contributed by atoms with E-state index in [9.17, 15) is 13.2 Å². The lowest BCUT2D eigenvalue weighted by Gasteiger charge is -2.31.